The van der Waals surface area contributed by atoms with Crippen molar-refractivity contribution in [1.29, 1.82) is 0 Å². The number of nitrogens with zero attached hydrogens (tertiary/aromatic N) is 1. The number of rotatable bonds is 4. The van der Waals surface area contributed by atoms with Crippen LogP contribution in [0.5, 0.6) is 0 Å². The molecular formula is C18H23NO4S. The molecule has 1 aromatic carbocycles. The first kappa shape index (κ1) is 17.2. The average Bonchev–Trinajstić information content (AvgIpc) is 3.01. The van der Waals surface area contributed by atoms with E-state index in [9.17, 15) is 13.5 Å². The number of aliphatic hydroxyl groups excluding tert-OH is 1. The number of sulfonamides is 1. The summed E-state index contributed by atoms with van der Waals surface area (Å²) >= 11 is 0. The Morgan fingerprint density at radius 3 is 2.42 bits per heavy atom. The topological polar surface area (TPSA) is 70.8 Å². The van der Waals surface area contributed by atoms with Crippen molar-refractivity contribution >= 4 is 10.0 Å². The number of aliphatic hydroxyl groups is 1. The lowest BCUT2D eigenvalue weighted by Gasteiger charge is -2.39. The fourth-order valence-corrected chi connectivity index (χ4v) is 5.16. The fourth-order valence-electron chi connectivity index (χ4n) is 3.32. The van der Waals surface area contributed by atoms with Gasteiger partial charge in [0.2, 0.25) is 10.0 Å². The van der Waals surface area contributed by atoms with Crippen LogP contribution in [-0.4, -0.2) is 30.5 Å². The van der Waals surface area contributed by atoms with Gasteiger partial charge in [0.1, 0.15) is 11.5 Å². The molecule has 2 atom stereocenters. The quantitative estimate of drug-likeness (QED) is 0.920. The second-order valence-corrected chi connectivity index (χ2v) is 8.22. The summed E-state index contributed by atoms with van der Waals surface area (Å²) in [6, 6.07) is 9.69. The van der Waals surface area contributed by atoms with Crippen LogP contribution in [0.25, 0.3) is 0 Å². The summed E-state index contributed by atoms with van der Waals surface area (Å²) in [5.41, 5.74) is 1.00. The molecule has 1 fully saturated rings. The van der Waals surface area contributed by atoms with Crippen molar-refractivity contribution in [2.24, 2.45) is 0 Å². The molecule has 24 heavy (non-hydrogen) atoms. The van der Waals surface area contributed by atoms with E-state index in [-0.39, 0.29) is 17.5 Å². The van der Waals surface area contributed by atoms with Crippen LogP contribution in [0.2, 0.25) is 0 Å². The van der Waals surface area contributed by atoms with Crippen LogP contribution in [0.15, 0.2) is 45.7 Å². The lowest BCUT2D eigenvalue weighted by Crippen LogP contribution is -2.47. The summed E-state index contributed by atoms with van der Waals surface area (Å²) in [5.74, 6) is 1.39. The molecule has 1 aliphatic heterocycles. The van der Waals surface area contributed by atoms with Crippen LogP contribution >= 0.6 is 0 Å². The molecule has 0 spiro atoms. The van der Waals surface area contributed by atoms with E-state index in [0.29, 0.717) is 18.6 Å². The minimum atomic E-state index is -3.71. The third kappa shape index (κ3) is 3.14. The molecule has 5 nitrogen and oxygen atoms in total. The van der Waals surface area contributed by atoms with Crippen molar-refractivity contribution in [1.82, 2.24) is 4.31 Å². The van der Waals surface area contributed by atoms with Gasteiger partial charge in [-0.25, -0.2) is 8.42 Å². The summed E-state index contributed by atoms with van der Waals surface area (Å²) in [4.78, 5) is 0.252. The molecule has 6 heteroatoms. The van der Waals surface area contributed by atoms with Gasteiger partial charge < -0.3 is 9.52 Å². The van der Waals surface area contributed by atoms with Crippen LogP contribution in [0.4, 0.5) is 0 Å². The molecule has 1 aliphatic rings. The molecular weight excluding hydrogens is 326 g/mol. The fraction of sp³-hybridized carbons (Fsp3) is 0.444. The van der Waals surface area contributed by atoms with Gasteiger partial charge in [-0.15, -0.1) is 0 Å². The lowest BCUT2D eigenvalue weighted by atomic mass is 9.97. The van der Waals surface area contributed by atoms with E-state index in [1.807, 2.05) is 26.0 Å². The Hall–Kier alpha value is -1.63. The Bertz CT molecular complexity index is 795. The molecule has 0 radical (unpaired) electrons. The highest BCUT2D eigenvalue weighted by atomic mass is 32.2. The van der Waals surface area contributed by atoms with Crippen molar-refractivity contribution < 1.29 is 17.9 Å². The largest absolute Gasteiger partial charge is 0.465 e. The number of hydrogen-bond donors (Lipinski definition) is 1. The monoisotopic (exact) mass is 349 g/mol. The van der Waals surface area contributed by atoms with Crippen LogP contribution in [-0.2, 0) is 10.0 Å². The van der Waals surface area contributed by atoms with Crippen molar-refractivity contribution in [3.63, 3.8) is 0 Å². The van der Waals surface area contributed by atoms with E-state index in [2.05, 4.69) is 0 Å². The number of piperidine rings is 1. The lowest BCUT2D eigenvalue weighted by molar-refractivity contribution is 0.105. The Morgan fingerprint density at radius 1 is 1.12 bits per heavy atom. The number of hydrogen-bond acceptors (Lipinski definition) is 4. The van der Waals surface area contributed by atoms with E-state index in [4.69, 9.17) is 4.42 Å². The summed E-state index contributed by atoms with van der Waals surface area (Å²) in [7, 11) is -3.71. The highest BCUT2D eigenvalue weighted by Gasteiger charge is 2.41. The molecule has 0 unspecified atom stereocenters. The van der Waals surface area contributed by atoms with Gasteiger partial charge in [-0.2, -0.15) is 4.31 Å². The molecule has 1 aromatic heterocycles. The highest BCUT2D eigenvalue weighted by molar-refractivity contribution is 7.89. The molecule has 2 heterocycles. The molecule has 1 N–H and O–H groups in total. The molecule has 0 amide bonds. The SMILES string of the molecule is Cc1ccc(S(=O)(=O)N2[C@H](CO)CCC[C@@H]2c2ccc(C)o2)cc1. The van der Waals surface area contributed by atoms with Gasteiger partial charge in [0.25, 0.3) is 0 Å². The minimum Gasteiger partial charge on any atom is -0.465 e. The van der Waals surface area contributed by atoms with Gasteiger partial charge in [0.05, 0.1) is 17.5 Å². The van der Waals surface area contributed by atoms with Gasteiger partial charge in [0.15, 0.2) is 0 Å². The van der Waals surface area contributed by atoms with Gasteiger partial charge in [-0.1, -0.05) is 17.7 Å². The smallest absolute Gasteiger partial charge is 0.244 e. The number of aryl methyl sites for hydroxylation is 2. The maximum Gasteiger partial charge on any atom is 0.244 e. The zero-order valence-corrected chi connectivity index (χ0v) is 14.8. The highest BCUT2D eigenvalue weighted by Crippen LogP contribution is 2.39. The minimum absolute atomic E-state index is 0.193. The molecule has 1 saturated heterocycles. The van der Waals surface area contributed by atoms with E-state index in [0.717, 1.165) is 17.7 Å². The van der Waals surface area contributed by atoms with Gasteiger partial charge >= 0.3 is 0 Å². The van der Waals surface area contributed by atoms with Crippen molar-refractivity contribution in [2.45, 2.75) is 50.1 Å². The van der Waals surface area contributed by atoms with Gasteiger partial charge in [0, 0.05) is 6.04 Å². The maximum absolute atomic E-state index is 13.2. The van der Waals surface area contributed by atoms with E-state index in [1.165, 1.54) is 4.31 Å². The number of furan rings is 1. The first-order chi connectivity index (χ1) is 11.4. The summed E-state index contributed by atoms with van der Waals surface area (Å²) in [6.07, 6.45) is 2.20. The Morgan fingerprint density at radius 2 is 1.83 bits per heavy atom. The third-order valence-electron chi connectivity index (χ3n) is 4.58. The van der Waals surface area contributed by atoms with Crippen LogP contribution in [0.3, 0.4) is 0 Å². The zero-order chi connectivity index (χ0) is 17.3. The first-order valence-corrected chi connectivity index (χ1v) is 9.65. The Balaban J connectivity index is 2.05. The average molecular weight is 349 g/mol. The summed E-state index contributed by atoms with van der Waals surface area (Å²) in [6.45, 7) is 3.57. The Kier molecular flexibility index (Phi) is 4.80. The van der Waals surface area contributed by atoms with Gasteiger partial charge in [-0.05, 0) is 57.4 Å². The maximum atomic E-state index is 13.2. The van der Waals surface area contributed by atoms with Crippen molar-refractivity contribution in [2.75, 3.05) is 6.61 Å². The predicted octanol–water partition coefficient (Wildman–Crippen LogP) is 3.17. The molecule has 0 saturated carbocycles. The van der Waals surface area contributed by atoms with Crippen molar-refractivity contribution in [3.05, 3.63) is 53.5 Å². The van der Waals surface area contributed by atoms with Gasteiger partial charge in [-0.3, -0.25) is 0 Å². The summed E-state index contributed by atoms with van der Waals surface area (Å²) < 4.78 is 33.6. The zero-order valence-electron chi connectivity index (χ0n) is 14.0. The van der Waals surface area contributed by atoms with E-state index in [1.54, 1.807) is 24.3 Å². The number of benzene rings is 1. The second kappa shape index (κ2) is 6.70. The van der Waals surface area contributed by atoms with Crippen LogP contribution in [0, 0.1) is 13.8 Å². The molecule has 3 rings (SSSR count). The van der Waals surface area contributed by atoms with Crippen molar-refractivity contribution in [3.8, 4) is 0 Å². The van der Waals surface area contributed by atoms with E-state index >= 15 is 0 Å². The first-order valence-electron chi connectivity index (χ1n) is 8.21. The third-order valence-corrected chi connectivity index (χ3v) is 6.55. The molecule has 0 aliphatic carbocycles. The normalized spacial score (nSPS) is 22.6. The standard InChI is InChI=1S/C18H23NO4S/c1-13-6-9-16(10-7-13)24(21,22)19-15(12-20)4-3-5-17(19)18-11-8-14(2)23-18/h6-11,15,17,20H,3-5,12H2,1-2H3/t15-,17+/m0/s1. The van der Waals surface area contributed by atoms with Crippen LogP contribution in [0.1, 0.15) is 42.4 Å². The predicted molar refractivity (Wildman–Crippen MR) is 91.1 cm³/mol. The molecule has 0 bridgehead atoms. The second-order valence-electron chi connectivity index (χ2n) is 6.38. The Labute approximate surface area is 143 Å². The molecule has 130 valence electrons. The van der Waals surface area contributed by atoms with Crippen LogP contribution < -0.4 is 0 Å². The van der Waals surface area contributed by atoms with E-state index < -0.39 is 16.1 Å². The summed E-state index contributed by atoms with van der Waals surface area (Å²) in [5, 5.41) is 9.75. The molecule has 2 aromatic rings.